The maximum atomic E-state index is 13.1. The van der Waals surface area contributed by atoms with Gasteiger partial charge in [0.25, 0.3) is 5.56 Å². The van der Waals surface area contributed by atoms with Crippen LogP contribution in [0.2, 0.25) is 0 Å². The minimum Gasteiger partial charge on any atom is -0.481 e. The number of carbonyl (C=O) groups is 4. The highest BCUT2D eigenvalue weighted by Crippen LogP contribution is 2.16. The van der Waals surface area contributed by atoms with E-state index in [0.29, 0.717) is 5.56 Å². The molecule has 176 valence electrons. The molecule has 2 rings (SSSR count). The van der Waals surface area contributed by atoms with Gasteiger partial charge in [0, 0.05) is 18.5 Å². The first-order chi connectivity index (χ1) is 15.6. The number of pyridine rings is 1. The minimum absolute atomic E-state index is 0.0256. The molecule has 0 aliphatic carbocycles. The summed E-state index contributed by atoms with van der Waals surface area (Å²) in [6.07, 6.45) is 0.577. The zero-order chi connectivity index (χ0) is 24.5. The molecule has 3 N–H and O–H groups in total. The van der Waals surface area contributed by atoms with E-state index in [4.69, 9.17) is 5.11 Å². The fraction of sp³-hybridized carbons (Fsp3) is 0.348. The predicted molar refractivity (Wildman–Crippen MR) is 119 cm³/mol. The molecule has 0 aliphatic heterocycles. The first-order valence-electron chi connectivity index (χ1n) is 10.3. The van der Waals surface area contributed by atoms with Crippen molar-refractivity contribution in [2.24, 2.45) is 5.92 Å². The van der Waals surface area contributed by atoms with Crippen LogP contribution in [0.25, 0.3) is 0 Å². The number of benzene rings is 1. The van der Waals surface area contributed by atoms with E-state index in [9.17, 15) is 28.4 Å². The summed E-state index contributed by atoms with van der Waals surface area (Å²) >= 11 is 0. The van der Waals surface area contributed by atoms with Gasteiger partial charge in [0.15, 0.2) is 5.78 Å². The molecular formula is C23H26FN3O6. The second kappa shape index (κ2) is 11.7. The second-order valence-electron chi connectivity index (χ2n) is 7.74. The van der Waals surface area contributed by atoms with Crippen molar-refractivity contribution in [3.63, 3.8) is 0 Å². The molecule has 0 spiro atoms. The van der Waals surface area contributed by atoms with Crippen LogP contribution in [0.1, 0.15) is 31.9 Å². The highest BCUT2D eigenvalue weighted by atomic mass is 19.1. The largest absolute Gasteiger partial charge is 0.481 e. The molecule has 0 saturated heterocycles. The molecule has 9 nitrogen and oxygen atoms in total. The normalized spacial score (nSPS) is 12.6. The van der Waals surface area contributed by atoms with Gasteiger partial charge in [-0.25, -0.2) is 4.39 Å². The van der Waals surface area contributed by atoms with Gasteiger partial charge in [-0.2, -0.15) is 0 Å². The lowest BCUT2D eigenvalue weighted by atomic mass is 10.0. The molecule has 1 heterocycles. The molecule has 2 aromatic rings. The van der Waals surface area contributed by atoms with Crippen LogP contribution in [0.3, 0.4) is 0 Å². The molecule has 10 heteroatoms. The SMILES string of the molecule is CC(C)C(=O)Nc1cccn([C@@H](Cc2ccccc2)C(=O)N[C@H](CC(=O)O)C(=O)CF)c1=O. The fourth-order valence-corrected chi connectivity index (χ4v) is 3.06. The van der Waals surface area contributed by atoms with Crippen molar-refractivity contribution in [1.29, 1.82) is 0 Å². The monoisotopic (exact) mass is 459 g/mol. The molecule has 0 aliphatic rings. The number of nitrogens with one attached hydrogen (secondary N) is 2. The van der Waals surface area contributed by atoms with Gasteiger partial charge in [0.2, 0.25) is 11.8 Å². The standard InChI is InChI=1S/C23H26FN3O6/c1-14(2)21(31)25-16-9-6-10-27(23(16)33)18(11-15-7-4-3-5-8-15)22(32)26-17(12-20(29)30)19(28)13-24/h3-10,14,17-18H,11-13H2,1-2H3,(H,25,31)(H,26,32)(H,29,30)/t17-,18+/m1/s1. The summed E-state index contributed by atoms with van der Waals surface area (Å²) in [7, 11) is 0. The molecule has 1 aromatic heterocycles. The van der Waals surface area contributed by atoms with Crippen LogP contribution in [0.4, 0.5) is 10.1 Å². The number of hydrogen-bond donors (Lipinski definition) is 3. The molecule has 0 saturated carbocycles. The van der Waals surface area contributed by atoms with Crippen LogP contribution < -0.4 is 16.2 Å². The number of alkyl halides is 1. The number of carbonyl (C=O) groups excluding carboxylic acids is 3. The molecule has 33 heavy (non-hydrogen) atoms. The second-order valence-corrected chi connectivity index (χ2v) is 7.74. The van der Waals surface area contributed by atoms with E-state index in [2.05, 4.69) is 10.6 Å². The van der Waals surface area contributed by atoms with Crippen LogP contribution in [0, 0.1) is 5.92 Å². The number of anilines is 1. The van der Waals surface area contributed by atoms with Crippen molar-refractivity contribution in [2.45, 2.75) is 38.8 Å². The summed E-state index contributed by atoms with van der Waals surface area (Å²) in [5.74, 6) is -4.08. The van der Waals surface area contributed by atoms with E-state index >= 15 is 0 Å². The molecule has 0 bridgehead atoms. The van der Waals surface area contributed by atoms with E-state index in [0.717, 1.165) is 4.57 Å². The average molecular weight is 459 g/mol. The fourth-order valence-electron chi connectivity index (χ4n) is 3.06. The Labute approximate surface area is 189 Å². The Balaban J connectivity index is 2.45. The third-order valence-corrected chi connectivity index (χ3v) is 4.88. The number of aliphatic carboxylic acids is 1. The molecule has 0 unspecified atom stereocenters. The Kier molecular flexibility index (Phi) is 9.02. The number of halogens is 1. The van der Waals surface area contributed by atoms with E-state index in [1.807, 2.05) is 0 Å². The molecule has 0 radical (unpaired) electrons. The van der Waals surface area contributed by atoms with Crippen LogP contribution in [-0.4, -0.2) is 46.0 Å². The van der Waals surface area contributed by atoms with Crippen molar-refractivity contribution in [3.8, 4) is 0 Å². The molecule has 0 fully saturated rings. The van der Waals surface area contributed by atoms with Gasteiger partial charge in [0.1, 0.15) is 24.4 Å². The molecule has 2 amide bonds. The summed E-state index contributed by atoms with van der Waals surface area (Å²) in [5.41, 5.74) is -0.00839. The van der Waals surface area contributed by atoms with Crippen molar-refractivity contribution < 1.29 is 28.7 Å². The Bertz CT molecular complexity index is 1070. The number of aromatic nitrogens is 1. The average Bonchev–Trinajstić information content (AvgIpc) is 2.78. The van der Waals surface area contributed by atoms with Crippen molar-refractivity contribution >= 4 is 29.3 Å². The van der Waals surface area contributed by atoms with E-state index in [1.54, 1.807) is 44.2 Å². The number of carboxylic acid groups (broad SMARTS) is 1. The Morgan fingerprint density at radius 1 is 1.03 bits per heavy atom. The Hall–Kier alpha value is -3.82. The Morgan fingerprint density at radius 3 is 2.27 bits per heavy atom. The number of Topliss-reactive ketones (excluding diaryl/α,β-unsaturated/α-hetero) is 1. The smallest absolute Gasteiger partial charge is 0.305 e. The van der Waals surface area contributed by atoms with Crippen LogP contribution in [-0.2, 0) is 25.6 Å². The number of nitrogens with zero attached hydrogens (tertiary/aromatic N) is 1. The van der Waals surface area contributed by atoms with Gasteiger partial charge in [-0.15, -0.1) is 0 Å². The zero-order valence-corrected chi connectivity index (χ0v) is 18.3. The lowest BCUT2D eigenvalue weighted by Crippen LogP contribution is -2.47. The van der Waals surface area contributed by atoms with E-state index < -0.39 is 48.4 Å². The number of rotatable bonds is 11. The number of hydrogen-bond acceptors (Lipinski definition) is 5. The maximum absolute atomic E-state index is 13.1. The van der Waals surface area contributed by atoms with Crippen molar-refractivity contribution in [3.05, 3.63) is 64.6 Å². The minimum atomic E-state index is -1.59. The van der Waals surface area contributed by atoms with Crippen LogP contribution in [0.5, 0.6) is 0 Å². The predicted octanol–water partition coefficient (Wildman–Crippen LogP) is 1.72. The van der Waals surface area contributed by atoms with Gasteiger partial charge in [-0.1, -0.05) is 44.2 Å². The van der Waals surface area contributed by atoms with Gasteiger partial charge in [0.05, 0.1) is 6.42 Å². The summed E-state index contributed by atoms with van der Waals surface area (Å²) < 4.78 is 14.0. The molecular weight excluding hydrogens is 433 g/mol. The number of ketones is 1. The van der Waals surface area contributed by atoms with Gasteiger partial charge < -0.3 is 20.3 Å². The van der Waals surface area contributed by atoms with E-state index in [1.165, 1.54) is 18.3 Å². The quantitative estimate of drug-likeness (QED) is 0.468. The third-order valence-electron chi connectivity index (χ3n) is 4.88. The van der Waals surface area contributed by atoms with Crippen molar-refractivity contribution in [1.82, 2.24) is 9.88 Å². The highest BCUT2D eigenvalue weighted by molar-refractivity contribution is 5.94. The van der Waals surface area contributed by atoms with Gasteiger partial charge in [-0.05, 0) is 17.7 Å². The van der Waals surface area contributed by atoms with Crippen LogP contribution in [0.15, 0.2) is 53.5 Å². The lowest BCUT2D eigenvalue weighted by Gasteiger charge is -2.23. The lowest BCUT2D eigenvalue weighted by molar-refractivity contribution is -0.140. The topological polar surface area (TPSA) is 135 Å². The number of carboxylic acids is 1. The Morgan fingerprint density at radius 2 is 1.70 bits per heavy atom. The summed E-state index contributed by atoms with van der Waals surface area (Å²) in [4.78, 5) is 61.2. The first-order valence-corrected chi connectivity index (χ1v) is 10.3. The third kappa shape index (κ3) is 7.09. The maximum Gasteiger partial charge on any atom is 0.305 e. The van der Waals surface area contributed by atoms with Gasteiger partial charge >= 0.3 is 5.97 Å². The van der Waals surface area contributed by atoms with Gasteiger partial charge in [-0.3, -0.25) is 24.0 Å². The summed E-state index contributed by atoms with van der Waals surface area (Å²) in [6, 6.07) is 8.82. The highest BCUT2D eigenvalue weighted by Gasteiger charge is 2.29. The zero-order valence-electron chi connectivity index (χ0n) is 18.3. The van der Waals surface area contributed by atoms with E-state index in [-0.39, 0.29) is 23.9 Å². The summed E-state index contributed by atoms with van der Waals surface area (Å²) in [6.45, 7) is 1.87. The summed E-state index contributed by atoms with van der Waals surface area (Å²) in [5, 5.41) is 13.8. The molecule has 1 aromatic carbocycles. The number of amides is 2. The van der Waals surface area contributed by atoms with Crippen molar-refractivity contribution in [2.75, 3.05) is 12.0 Å². The van der Waals surface area contributed by atoms with Crippen LogP contribution >= 0.6 is 0 Å². The molecule has 2 atom stereocenters. The first kappa shape index (κ1) is 25.4.